The van der Waals surface area contributed by atoms with E-state index in [0.29, 0.717) is 28.2 Å². The van der Waals surface area contributed by atoms with Crippen LogP contribution >= 0.6 is 0 Å². The number of carbonyl (C=O) groups is 3. The number of hydrogen-bond donors (Lipinski definition) is 2. The van der Waals surface area contributed by atoms with Crippen molar-refractivity contribution in [2.75, 3.05) is 0 Å². The van der Waals surface area contributed by atoms with Crippen molar-refractivity contribution in [1.82, 2.24) is 25.5 Å². The normalized spacial score (nSPS) is 17.2. The number of carbonyl (C=O) groups excluding carboxylic acids is 3. The first-order chi connectivity index (χ1) is 17.4. The quantitative estimate of drug-likeness (QED) is 0.402. The number of hydrazine groups is 1. The zero-order valence-electron chi connectivity index (χ0n) is 19.3. The maximum absolute atomic E-state index is 13.5. The SMILES string of the molecule is CC[C@]1(c2ccccc2)NC(=O)N(NC(=O)c2cn(-c3ccccc3)nc2-c2ccc(F)cc2)C1=O. The van der Waals surface area contributed by atoms with Crippen LogP contribution in [0, 0.1) is 5.82 Å². The van der Waals surface area contributed by atoms with Gasteiger partial charge in [0.2, 0.25) is 0 Å². The van der Waals surface area contributed by atoms with Gasteiger partial charge in [0.25, 0.3) is 11.8 Å². The maximum Gasteiger partial charge on any atom is 0.344 e. The summed E-state index contributed by atoms with van der Waals surface area (Å²) in [6.07, 6.45) is 1.80. The van der Waals surface area contributed by atoms with Gasteiger partial charge in [0.05, 0.1) is 11.3 Å². The Kier molecular flexibility index (Phi) is 5.81. The van der Waals surface area contributed by atoms with E-state index in [9.17, 15) is 18.8 Å². The number of rotatable bonds is 6. The van der Waals surface area contributed by atoms with Gasteiger partial charge in [-0.15, -0.1) is 0 Å². The molecule has 0 radical (unpaired) electrons. The molecule has 1 aliphatic rings. The number of urea groups is 1. The largest absolute Gasteiger partial charge is 0.344 e. The highest BCUT2D eigenvalue weighted by Crippen LogP contribution is 2.32. The molecule has 0 aliphatic carbocycles. The summed E-state index contributed by atoms with van der Waals surface area (Å²) in [5.74, 6) is -1.73. The molecule has 36 heavy (non-hydrogen) atoms. The molecule has 0 unspecified atom stereocenters. The molecule has 1 fully saturated rings. The molecular weight excluding hydrogens is 461 g/mol. The number of amides is 4. The van der Waals surface area contributed by atoms with E-state index in [1.807, 2.05) is 36.4 Å². The van der Waals surface area contributed by atoms with Crippen LogP contribution in [0.2, 0.25) is 0 Å². The molecule has 3 aromatic carbocycles. The molecule has 9 heteroatoms. The summed E-state index contributed by atoms with van der Waals surface area (Å²) in [4.78, 5) is 39.7. The fraction of sp³-hybridized carbons (Fsp3) is 0.111. The lowest BCUT2D eigenvalue weighted by Gasteiger charge is -2.25. The van der Waals surface area contributed by atoms with E-state index in [1.165, 1.54) is 35.1 Å². The van der Waals surface area contributed by atoms with E-state index in [0.717, 1.165) is 0 Å². The fourth-order valence-corrected chi connectivity index (χ4v) is 4.27. The van der Waals surface area contributed by atoms with Gasteiger partial charge in [0.1, 0.15) is 17.1 Å². The van der Waals surface area contributed by atoms with Gasteiger partial charge >= 0.3 is 6.03 Å². The van der Waals surface area contributed by atoms with Gasteiger partial charge in [0, 0.05) is 11.8 Å². The van der Waals surface area contributed by atoms with Gasteiger partial charge in [-0.25, -0.2) is 13.9 Å². The average Bonchev–Trinajstić information content (AvgIpc) is 3.46. The van der Waals surface area contributed by atoms with Gasteiger partial charge in [-0.1, -0.05) is 55.5 Å². The molecule has 2 N–H and O–H groups in total. The summed E-state index contributed by atoms with van der Waals surface area (Å²) in [7, 11) is 0. The van der Waals surface area contributed by atoms with Crippen LogP contribution < -0.4 is 10.7 Å². The van der Waals surface area contributed by atoms with Crippen molar-refractivity contribution in [3.8, 4) is 16.9 Å². The van der Waals surface area contributed by atoms with Crippen LogP contribution in [-0.4, -0.2) is 32.6 Å². The Balaban J connectivity index is 1.50. The summed E-state index contributed by atoms with van der Waals surface area (Å²) in [6, 6.07) is 22.8. The predicted molar refractivity (Wildman–Crippen MR) is 130 cm³/mol. The third kappa shape index (κ3) is 3.90. The Morgan fingerprint density at radius 1 is 0.972 bits per heavy atom. The van der Waals surface area contributed by atoms with Crippen molar-refractivity contribution < 1.29 is 18.8 Å². The Bertz CT molecular complexity index is 1440. The highest BCUT2D eigenvalue weighted by Gasteiger charge is 2.52. The van der Waals surface area contributed by atoms with E-state index in [2.05, 4.69) is 15.8 Å². The Labute approximate surface area is 206 Å². The molecule has 4 aromatic rings. The Morgan fingerprint density at radius 2 is 1.61 bits per heavy atom. The maximum atomic E-state index is 13.5. The standard InChI is InChI=1S/C27H22FN5O3/c1-2-27(19-9-5-3-6-10-19)25(35)33(26(36)29-27)31-24(34)22-17-32(21-11-7-4-8-12-21)30-23(22)18-13-15-20(28)16-14-18/h3-17H,2H2,1H3,(H,29,36)(H,31,34)/t27-/m1/s1. The first-order valence-electron chi connectivity index (χ1n) is 11.4. The fourth-order valence-electron chi connectivity index (χ4n) is 4.27. The van der Waals surface area contributed by atoms with E-state index >= 15 is 0 Å². The summed E-state index contributed by atoms with van der Waals surface area (Å²) < 4.78 is 15.1. The van der Waals surface area contributed by atoms with Gasteiger partial charge in [-0.05, 0) is 48.4 Å². The number of imide groups is 1. The molecule has 0 bridgehead atoms. The minimum atomic E-state index is -1.29. The average molecular weight is 484 g/mol. The second-order valence-electron chi connectivity index (χ2n) is 8.31. The lowest BCUT2D eigenvalue weighted by atomic mass is 9.87. The zero-order valence-corrected chi connectivity index (χ0v) is 19.3. The summed E-state index contributed by atoms with van der Waals surface area (Å²) in [5.41, 5.74) is 3.35. The van der Waals surface area contributed by atoms with Gasteiger partial charge in [-0.3, -0.25) is 15.0 Å². The molecular formula is C27H22FN5O3. The van der Waals surface area contributed by atoms with Crippen LogP contribution in [0.5, 0.6) is 0 Å². The van der Waals surface area contributed by atoms with Crippen molar-refractivity contribution in [3.63, 3.8) is 0 Å². The number of para-hydroxylation sites is 1. The monoisotopic (exact) mass is 483 g/mol. The molecule has 1 aromatic heterocycles. The topological polar surface area (TPSA) is 96.3 Å². The Morgan fingerprint density at radius 3 is 2.25 bits per heavy atom. The zero-order chi connectivity index (χ0) is 25.3. The molecule has 2 heterocycles. The minimum absolute atomic E-state index is 0.111. The summed E-state index contributed by atoms with van der Waals surface area (Å²) in [5, 5.41) is 7.97. The van der Waals surface area contributed by atoms with Crippen molar-refractivity contribution in [3.05, 3.63) is 108 Å². The number of aromatic nitrogens is 2. The third-order valence-corrected chi connectivity index (χ3v) is 6.20. The van der Waals surface area contributed by atoms with Gasteiger partial charge < -0.3 is 5.32 Å². The highest BCUT2D eigenvalue weighted by atomic mass is 19.1. The van der Waals surface area contributed by atoms with E-state index in [-0.39, 0.29) is 11.3 Å². The Hall–Kier alpha value is -4.79. The van der Waals surface area contributed by atoms with Crippen molar-refractivity contribution in [2.24, 2.45) is 0 Å². The van der Waals surface area contributed by atoms with Crippen LogP contribution in [0.3, 0.4) is 0 Å². The number of hydrogen-bond acceptors (Lipinski definition) is 4. The minimum Gasteiger partial charge on any atom is -0.318 e. The number of halogens is 1. The molecule has 1 atom stereocenters. The number of benzene rings is 3. The van der Waals surface area contributed by atoms with Crippen molar-refractivity contribution in [2.45, 2.75) is 18.9 Å². The molecule has 4 amide bonds. The second kappa shape index (κ2) is 9.10. The van der Waals surface area contributed by atoms with Gasteiger partial charge in [0.15, 0.2) is 0 Å². The van der Waals surface area contributed by atoms with Crippen LogP contribution in [0.4, 0.5) is 9.18 Å². The summed E-state index contributed by atoms with van der Waals surface area (Å²) in [6.45, 7) is 1.78. The molecule has 0 saturated carbocycles. The van der Waals surface area contributed by atoms with E-state index in [1.54, 1.807) is 31.2 Å². The first kappa shape index (κ1) is 23.0. The lowest BCUT2D eigenvalue weighted by Crippen LogP contribution is -2.48. The second-order valence-corrected chi connectivity index (χ2v) is 8.31. The summed E-state index contributed by atoms with van der Waals surface area (Å²) >= 11 is 0. The molecule has 0 spiro atoms. The molecule has 8 nitrogen and oxygen atoms in total. The molecule has 180 valence electrons. The van der Waals surface area contributed by atoms with Gasteiger partial charge in [-0.2, -0.15) is 10.1 Å². The molecule has 5 rings (SSSR count). The van der Waals surface area contributed by atoms with E-state index < -0.39 is 29.2 Å². The predicted octanol–water partition coefficient (Wildman–Crippen LogP) is 4.18. The van der Waals surface area contributed by atoms with Crippen molar-refractivity contribution >= 4 is 17.8 Å². The van der Waals surface area contributed by atoms with Crippen LogP contribution in [0.15, 0.2) is 91.1 Å². The molecule has 1 aliphatic heterocycles. The van der Waals surface area contributed by atoms with E-state index in [4.69, 9.17) is 0 Å². The number of nitrogens with zero attached hydrogens (tertiary/aromatic N) is 3. The van der Waals surface area contributed by atoms with Crippen LogP contribution in [-0.2, 0) is 10.3 Å². The molecule has 1 saturated heterocycles. The van der Waals surface area contributed by atoms with Crippen molar-refractivity contribution in [1.29, 1.82) is 0 Å². The third-order valence-electron chi connectivity index (χ3n) is 6.20. The smallest absolute Gasteiger partial charge is 0.318 e. The number of nitrogens with one attached hydrogen (secondary N) is 2. The van der Waals surface area contributed by atoms with Crippen LogP contribution in [0.1, 0.15) is 29.3 Å². The highest BCUT2D eigenvalue weighted by molar-refractivity contribution is 6.10. The van der Waals surface area contributed by atoms with Crippen LogP contribution in [0.25, 0.3) is 16.9 Å². The lowest BCUT2D eigenvalue weighted by molar-refractivity contribution is -0.133. The first-order valence-corrected chi connectivity index (χ1v) is 11.4.